The van der Waals surface area contributed by atoms with Gasteiger partial charge in [0.25, 0.3) is 0 Å². The lowest BCUT2D eigenvalue weighted by atomic mass is 9.67. The Balaban J connectivity index is 0.885. The molecule has 0 spiro atoms. The van der Waals surface area contributed by atoms with E-state index < -0.39 is 5.41 Å². The first-order chi connectivity index (χ1) is 34.2. The second-order valence-corrected chi connectivity index (χ2v) is 17.8. The molecule has 322 valence electrons. The third-order valence-corrected chi connectivity index (χ3v) is 14.0. The van der Waals surface area contributed by atoms with E-state index in [2.05, 4.69) is 237 Å². The molecule has 0 saturated heterocycles. The molecule has 12 aromatic rings. The summed E-state index contributed by atoms with van der Waals surface area (Å²) in [5.74, 6) is 0.700. The molecule has 1 aliphatic carbocycles. The zero-order chi connectivity index (χ0) is 45.7. The van der Waals surface area contributed by atoms with Crippen molar-refractivity contribution in [2.24, 2.45) is 0 Å². The zero-order valence-electron chi connectivity index (χ0n) is 37.7. The third kappa shape index (κ3) is 6.78. The fourth-order valence-electron chi connectivity index (χ4n) is 10.8. The van der Waals surface area contributed by atoms with Gasteiger partial charge in [0.05, 0.1) is 28.0 Å². The highest BCUT2D eigenvalue weighted by atomic mass is 14.9. The normalized spacial score (nSPS) is 12.5. The van der Waals surface area contributed by atoms with Gasteiger partial charge in [-0.15, -0.1) is 0 Å². The SMILES string of the molecule is c1ccc(-c2ccc(-c3cc(-c4ccc(-c5ccc(-c6nc7ccccc7c7c8c(ccc67)C(c6ccccc6)(c6ccccc6)c6ccccc6-8)cc5)cc4)nc(-c4ccccc4)n3)cc2)cc1. The smallest absolute Gasteiger partial charge is 0.160 e. The molecule has 69 heavy (non-hydrogen) atoms. The molecule has 3 nitrogen and oxygen atoms in total. The molecular formula is C66H43N3. The van der Waals surface area contributed by atoms with Crippen molar-refractivity contribution in [3.05, 3.63) is 283 Å². The molecule has 0 fully saturated rings. The number of benzene rings is 10. The van der Waals surface area contributed by atoms with Gasteiger partial charge in [0.1, 0.15) is 0 Å². The van der Waals surface area contributed by atoms with Gasteiger partial charge >= 0.3 is 0 Å². The second kappa shape index (κ2) is 16.7. The molecule has 0 N–H and O–H groups in total. The number of pyridine rings is 1. The van der Waals surface area contributed by atoms with Gasteiger partial charge in [-0.05, 0) is 67.8 Å². The lowest BCUT2D eigenvalue weighted by Gasteiger charge is -2.34. The second-order valence-electron chi connectivity index (χ2n) is 17.8. The standard InChI is InChI=1S/C66H43N3/c1-5-17-44(18-6-1)45-29-35-48(36-30-45)60-43-61(69-65(68-60)51-19-7-2-8-20-51)49-37-31-46(32-38-49)47-33-39-50(40-34-47)64-56-41-42-58-63(62(56)55-26-14-16-28-59(55)67-64)54-25-13-15-27-57(54)66(58,52-21-9-3-10-22-52)53-23-11-4-12-24-53/h1-43H. The predicted molar refractivity (Wildman–Crippen MR) is 285 cm³/mol. The number of fused-ring (bicyclic) bond motifs is 7. The number of hydrogen-bond acceptors (Lipinski definition) is 3. The van der Waals surface area contributed by atoms with Crippen LogP contribution in [-0.4, -0.2) is 15.0 Å². The van der Waals surface area contributed by atoms with Gasteiger partial charge in [-0.3, -0.25) is 0 Å². The average Bonchev–Trinajstić information content (AvgIpc) is 3.75. The van der Waals surface area contributed by atoms with Crippen molar-refractivity contribution < 1.29 is 0 Å². The molecule has 0 aliphatic heterocycles. The van der Waals surface area contributed by atoms with Crippen molar-refractivity contribution in [1.82, 2.24) is 15.0 Å². The first-order valence-corrected chi connectivity index (χ1v) is 23.6. The van der Waals surface area contributed by atoms with Crippen molar-refractivity contribution in [3.8, 4) is 78.5 Å². The predicted octanol–water partition coefficient (Wildman–Crippen LogP) is 16.5. The zero-order valence-corrected chi connectivity index (χ0v) is 37.7. The Hall–Kier alpha value is -9.05. The van der Waals surface area contributed by atoms with Crippen LogP contribution < -0.4 is 0 Å². The Morgan fingerprint density at radius 2 is 0.739 bits per heavy atom. The van der Waals surface area contributed by atoms with Crippen molar-refractivity contribution in [2.45, 2.75) is 5.41 Å². The molecule has 0 atom stereocenters. The highest BCUT2D eigenvalue weighted by Crippen LogP contribution is 2.58. The van der Waals surface area contributed by atoms with E-state index in [9.17, 15) is 0 Å². The molecule has 3 heteroatoms. The van der Waals surface area contributed by atoms with Crippen LogP contribution >= 0.6 is 0 Å². The number of aromatic nitrogens is 3. The lowest BCUT2D eigenvalue weighted by molar-refractivity contribution is 0.769. The van der Waals surface area contributed by atoms with Crippen molar-refractivity contribution in [3.63, 3.8) is 0 Å². The number of hydrogen-bond donors (Lipinski definition) is 0. The molecule has 0 bridgehead atoms. The summed E-state index contributed by atoms with van der Waals surface area (Å²) in [7, 11) is 0. The molecule has 0 unspecified atom stereocenters. The van der Waals surface area contributed by atoms with Gasteiger partial charge in [0.2, 0.25) is 0 Å². The minimum atomic E-state index is -0.487. The van der Waals surface area contributed by atoms with Crippen LogP contribution in [0.25, 0.3) is 100 Å². The average molecular weight is 878 g/mol. The van der Waals surface area contributed by atoms with Crippen LogP contribution in [0.15, 0.2) is 261 Å². The van der Waals surface area contributed by atoms with E-state index in [0.717, 1.165) is 66.8 Å². The van der Waals surface area contributed by atoms with E-state index in [-0.39, 0.29) is 0 Å². The van der Waals surface area contributed by atoms with Crippen LogP contribution in [0.3, 0.4) is 0 Å². The molecule has 13 rings (SSSR count). The maximum absolute atomic E-state index is 5.42. The summed E-state index contributed by atoms with van der Waals surface area (Å²) in [5, 5.41) is 3.54. The molecule has 0 amide bonds. The van der Waals surface area contributed by atoms with Gasteiger partial charge in [0.15, 0.2) is 5.82 Å². The van der Waals surface area contributed by atoms with E-state index in [1.54, 1.807) is 0 Å². The minimum Gasteiger partial charge on any atom is -0.247 e. The summed E-state index contributed by atoms with van der Waals surface area (Å²) in [4.78, 5) is 15.6. The molecule has 0 saturated carbocycles. The number of rotatable bonds is 8. The van der Waals surface area contributed by atoms with E-state index in [1.807, 2.05) is 24.3 Å². The van der Waals surface area contributed by atoms with Crippen molar-refractivity contribution in [2.75, 3.05) is 0 Å². The van der Waals surface area contributed by atoms with Gasteiger partial charge in [0, 0.05) is 38.4 Å². The van der Waals surface area contributed by atoms with Gasteiger partial charge in [-0.1, -0.05) is 249 Å². The number of para-hydroxylation sites is 1. The summed E-state index contributed by atoms with van der Waals surface area (Å²) in [5.41, 5.74) is 19.6. The maximum Gasteiger partial charge on any atom is 0.160 e. The molecule has 2 heterocycles. The van der Waals surface area contributed by atoms with Crippen LogP contribution in [0, 0.1) is 0 Å². The third-order valence-electron chi connectivity index (χ3n) is 14.0. The Morgan fingerprint density at radius 3 is 1.32 bits per heavy atom. The fraction of sp³-hybridized carbons (Fsp3) is 0.0152. The summed E-state index contributed by atoms with van der Waals surface area (Å²) in [6.07, 6.45) is 0. The fourth-order valence-corrected chi connectivity index (χ4v) is 10.8. The Morgan fingerprint density at radius 1 is 0.290 bits per heavy atom. The first-order valence-electron chi connectivity index (χ1n) is 23.6. The van der Waals surface area contributed by atoms with Crippen molar-refractivity contribution in [1.29, 1.82) is 0 Å². The summed E-state index contributed by atoms with van der Waals surface area (Å²) in [6, 6.07) is 93.4. The Bertz CT molecular complexity index is 3790. The largest absolute Gasteiger partial charge is 0.247 e. The summed E-state index contributed by atoms with van der Waals surface area (Å²) >= 11 is 0. The summed E-state index contributed by atoms with van der Waals surface area (Å²) in [6.45, 7) is 0. The highest BCUT2D eigenvalue weighted by molar-refractivity contribution is 6.19. The Labute approximate surface area is 401 Å². The monoisotopic (exact) mass is 877 g/mol. The van der Waals surface area contributed by atoms with E-state index in [0.29, 0.717) is 5.82 Å². The van der Waals surface area contributed by atoms with E-state index >= 15 is 0 Å². The van der Waals surface area contributed by atoms with Crippen LogP contribution in [-0.2, 0) is 5.41 Å². The van der Waals surface area contributed by atoms with E-state index in [4.69, 9.17) is 15.0 Å². The molecule has 1 aliphatic rings. The number of nitrogens with zero attached hydrogens (tertiary/aromatic N) is 3. The van der Waals surface area contributed by atoms with Gasteiger partial charge < -0.3 is 0 Å². The molecule has 0 radical (unpaired) electrons. The van der Waals surface area contributed by atoms with Crippen LogP contribution in [0.5, 0.6) is 0 Å². The van der Waals surface area contributed by atoms with Crippen LogP contribution in [0.2, 0.25) is 0 Å². The quantitative estimate of drug-likeness (QED) is 0.143. The first kappa shape index (κ1) is 40.2. The minimum absolute atomic E-state index is 0.487. The Kier molecular flexibility index (Phi) is 9.73. The lowest BCUT2D eigenvalue weighted by Crippen LogP contribution is -2.28. The van der Waals surface area contributed by atoms with Gasteiger partial charge in [-0.2, -0.15) is 0 Å². The topological polar surface area (TPSA) is 38.7 Å². The molecule has 10 aromatic carbocycles. The van der Waals surface area contributed by atoms with Crippen LogP contribution in [0.1, 0.15) is 22.3 Å². The molecular weight excluding hydrogens is 835 g/mol. The maximum atomic E-state index is 5.42. The van der Waals surface area contributed by atoms with Crippen molar-refractivity contribution >= 4 is 21.7 Å². The molecule has 2 aromatic heterocycles. The van der Waals surface area contributed by atoms with Gasteiger partial charge in [-0.25, -0.2) is 15.0 Å². The highest BCUT2D eigenvalue weighted by Gasteiger charge is 2.46. The van der Waals surface area contributed by atoms with Crippen LogP contribution in [0.4, 0.5) is 0 Å². The van der Waals surface area contributed by atoms with E-state index in [1.165, 1.54) is 49.9 Å². The summed E-state index contributed by atoms with van der Waals surface area (Å²) < 4.78 is 0.